The second-order valence-electron chi connectivity index (χ2n) is 4.03. The monoisotopic (exact) mass is 192 g/mol. The predicted octanol–water partition coefficient (Wildman–Crippen LogP) is 1.16. The molecule has 2 heterocycles. The van der Waals surface area contributed by atoms with Crippen LogP contribution in [0.25, 0.3) is 0 Å². The first-order chi connectivity index (χ1) is 6.84. The van der Waals surface area contributed by atoms with Crippen LogP contribution in [0.2, 0.25) is 0 Å². The highest BCUT2D eigenvalue weighted by Crippen LogP contribution is 2.32. The molecule has 0 aliphatic carbocycles. The van der Waals surface area contributed by atoms with E-state index in [1.54, 1.807) is 12.1 Å². The van der Waals surface area contributed by atoms with Crippen molar-refractivity contribution in [2.75, 3.05) is 24.5 Å². The minimum Gasteiger partial charge on any atom is -0.365 e. The van der Waals surface area contributed by atoms with Gasteiger partial charge in [0.1, 0.15) is 5.82 Å². The van der Waals surface area contributed by atoms with Crippen LogP contribution in [-0.4, -0.2) is 25.7 Å². The van der Waals surface area contributed by atoms with Crippen LogP contribution in [0, 0.1) is 5.82 Å². The number of rotatable bonds is 0. The van der Waals surface area contributed by atoms with Crippen molar-refractivity contribution in [2.24, 2.45) is 0 Å². The zero-order valence-electron chi connectivity index (χ0n) is 7.96. The molecular weight excluding hydrogens is 179 g/mol. The first-order valence-corrected chi connectivity index (χ1v) is 5.10. The lowest BCUT2D eigenvalue weighted by atomic mass is 10.1. The first kappa shape index (κ1) is 8.24. The Kier molecular flexibility index (Phi) is 1.74. The van der Waals surface area contributed by atoms with Gasteiger partial charge >= 0.3 is 0 Å². The molecule has 3 heteroatoms. The molecule has 2 aliphatic heterocycles. The summed E-state index contributed by atoms with van der Waals surface area (Å²) < 4.78 is 13.0. The number of hydrogen-bond donors (Lipinski definition) is 1. The fourth-order valence-corrected chi connectivity index (χ4v) is 2.51. The SMILES string of the molecule is Fc1ccc2c(c1)CC1CNCCN21. The summed E-state index contributed by atoms with van der Waals surface area (Å²) in [4.78, 5) is 2.39. The van der Waals surface area contributed by atoms with E-state index in [0.29, 0.717) is 6.04 Å². The van der Waals surface area contributed by atoms with Crippen molar-refractivity contribution < 1.29 is 4.39 Å². The van der Waals surface area contributed by atoms with E-state index in [9.17, 15) is 4.39 Å². The Hall–Kier alpha value is -1.09. The highest BCUT2D eigenvalue weighted by Gasteiger charge is 2.30. The van der Waals surface area contributed by atoms with Gasteiger partial charge in [0.2, 0.25) is 0 Å². The summed E-state index contributed by atoms with van der Waals surface area (Å²) in [6.07, 6.45) is 0.986. The number of hydrogen-bond acceptors (Lipinski definition) is 2. The third-order valence-electron chi connectivity index (χ3n) is 3.16. The molecule has 1 unspecified atom stereocenters. The van der Waals surface area contributed by atoms with Crippen LogP contribution in [0.1, 0.15) is 5.56 Å². The molecule has 0 spiro atoms. The third kappa shape index (κ3) is 1.12. The molecule has 2 nitrogen and oxygen atoms in total. The van der Waals surface area contributed by atoms with Crippen molar-refractivity contribution in [3.63, 3.8) is 0 Å². The molecule has 1 fully saturated rings. The molecule has 0 bridgehead atoms. The highest BCUT2D eigenvalue weighted by atomic mass is 19.1. The summed E-state index contributed by atoms with van der Waals surface area (Å²) in [7, 11) is 0. The van der Waals surface area contributed by atoms with Crippen molar-refractivity contribution >= 4 is 5.69 Å². The van der Waals surface area contributed by atoms with Gasteiger partial charge in [0.15, 0.2) is 0 Å². The number of fused-ring (bicyclic) bond motifs is 3. The minimum atomic E-state index is -0.114. The Morgan fingerprint density at radius 1 is 1.43 bits per heavy atom. The first-order valence-electron chi connectivity index (χ1n) is 5.10. The van der Waals surface area contributed by atoms with E-state index in [-0.39, 0.29) is 5.82 Å². The van der Waals surface area contributed by atoms with Crippen LogP contribution in [0.3, 0.4) is 0 Å². The van der Waals surface area contributed by atoms with Crippen LogP contribution in [-0.2, 0) is 6.42 Å². The standard InChI is InChI=1S/C11H13FN2/c12-9-1-2-11-8(5-9)6-10-7-13-3-4-14(10)11/h1-2,5,10,13H,3-4,6-7H2. The molecule has 14 heavy (non-hydrogen) atoms. The Labute approximate surface area is 82.7 Å². The van der Waals surface area contributed by atoms with Gasteiger partial charge in [0.25, 0.3) is 0 Å². The minimum absolute atomic E-state index is 0.114. The summed E-state index contributed by atoms with van der Waals surface area (Å²) in [6, 6.07) is 5.69. The van der Waals surface area contributed by atoms with Crippen molar-refractivity contribution in [1.82, 2.24) is 5.32 Å². The summed E-state index contributed by atoms with van der Waals surface area (Å²) in [6.45, 7) is 3.10. The zero-order valence-corrected chi connectivity index (χ0v) is 7.96. The lowest BCUT2D eigenvalue weighted by molar-refractivity contribution is 0.495. The van der Waals surface area contributed by atoms with Gasteiger partial charge in [0, 0.05) is 31.4 Å². The fourth-order valence-electron chi connectivity index (χ4n) is 2.51. The molecule has 1 aromatic rings. The molecule has 0 aromatic heterocycles. The number of nitrogens with zero attached hydrogens (tertiary/aromatic N) is 1. The Morgan fingerprint density at radius 2 is 2.36 bits per heavy atom. The van der Waals surface area contributed by atoms with Crippen LogP contribution in [0.4, 0.5) is 10.1 Å². The maximum absolute atomic E-state index is 13.0. The topological polar surface area (TPSA) is 15.3 Å². The quantitative estimate of drug-likeness (QED) is 0.663. The van der Waals surface area contributed by atoms with E-state index < -0.39 is 0 Å². The fraction of sp³-hybridized carbons (Fsp3) is 0.455. The second-order valence-corrected chi connectivity index (χ2v) is 4.03. The molecule has 0 saturated carbocycles. The lowest BCUT2D eigenvalue weighted by Crippen LogP contribution is -2.49. The molecule has 3 rings (SSSR count). The molecule has 0 radical (unpaired) electrons. The average Bonchev–Trinajstić information content (AvgIpc) is 2.54. The van der Waals surface area contributed by atoms with Gasteiger partial charge in [-0.15, -0.1) is 0 Å². The van der Waals surface area contributed by atoms with E-state index in [1.807, 2.05) is 6.07 Å². The van der Waals surface area contributed by atoms with Crippen molar-refractivity contribution in [1.29, 1.82) is 0 Å². The predicted molar refractivity (Wildman–Crippen MR) is 54.1 cm³/mol. The smallest absolute Gasteiger partial charge is 0.123 e. The maximum atomic E-state index is 13.0. The van der Waals surface area contributed by atoms with E-state index in [2.05, 4.69) is 10.2 Å². The van der Waals surface area contributed by atoms with Crippen molar-refractivity contribution in [3.05, 3.63) is 29.6 Å². The normalized spacial score (nSPS) is 24.6. The average molecular weight is 192 g/mol. The molecule has 2 aliphatic rings. The van der Waals surface area contributed by atoms with Crippen molar-refractivity contribution in [3.8, 4) is 0 Å². The lowest BCUT2D eigenvalue weighted by Gasteiger charge is -2.32. The second kappa shape index (κ2) is 2.95. The third-order valence-corrected chi connectivity index (χ3v) is 3.16. The molecule has 1 aromatic carbocycles. The highest BCUT2D eigenvalue weighted by molar-refractivity contribution is 5.60. The van der Waals surface area contributed by atoms with Gasteiger partial charge in [-0.05, 0) is 30.2 Å². The van der Waals surface area contributed by atoms with Gasteiger partial charge in [-0.3, -0.25) is 0 Å². The summed E-state index contributed by atoms with van der Waals surface area (Å²) in [5.41, 5.74) is 2.40. The Bertz CT molecular complexity index is 364. The molecule has 1 atom stereocenters. The summed E-state index contributed by atoms with van der Waals surface area (Å²) in [5, 5.41) is 3.37. The Balaban J connectivity index is 2.01. The molecule has 0 amide bonds. The maximum Gasteiger partial charge on any atom is 0.123 e. The van der Waals surface area contributed by atoms with Gasteiger partial charge in [-0.25, -0.2) is 4.39 Å². The van der Waals surface area contributed by atoms with E-state index in [1.165, 1.54) is 11.3 Å². The van der Waals surface area contributed by atoms with Crippen LogP contribution >= 0.6 is 0 Å². The van der Waals surface area contributed by atoms with E-state index in [0.717, 1.165) is 26.1 Å². The van der Waals surface area contributed by atoms with Gasteiger partial charge < -0.3 is 10.2 Å². The number of nitrogens with one attached hydrogen (secondary N) is 1. The summed E-state index contributed by atoms with van der Waals surface area (Å²) >= 11 is 0. The van der Waals surface area contributed by atoms with Gasteiger partial charge in [-0.2, -0.15) is 0 Å². The Morgan fingerprint density at radius 3 is 3.29 bits per heavy atom. The number of anilines is 1. The van der Waals surface area contributed by atoms with Gasteiger partial charge in [-0.1, -0.05) is 0 Å². The molecule has 1 saturated heterocycles. The van der Waals surface area contributed by atoms with Crippen LogP contribution < -0.4 is 10.2 Å². The van der Waals surface area contributed by atoms with Crippen molar-refractivity contribution in [2.45, 2.75) is 12.5 Å². The van der Waals surface area contributed by atoms with E-state index in [4.69, 9.17) is 0 Å². The summed E-state index contributed by atoms with van der Waals surface area (Å²) in [5.74, 6) is -0.114. The number of piperazine rings is 1. The van der Waals surface area contributed by atoms with Crippen LogP contribution in [0.15, 0.2) is 18.2 Å². The van der Waals surface area contributed by atoms with Crippen LogP contribution in [0.5, 0.6) is 0 Å². The molecule has 74 valence electrons. The largest absolute Gasteiger partial charge is 0.365 e. The molecular formula is C11H13FN2. The van der Waals surface area contributed by atoms with Gasteiger partial charge in [0.05, 0.1) is 0 Å². The van der Waals surface area contributed by atoms with E-state index >= 15 is 0 Å². The number of benzene rings is 1. The zero-order chi connectivity index (χ0) is 9.54. The number of halogens is 1. The molecule has 1 N–H and O–H groups in total.